The summed E-state index contributed by atoms with van der Waals surface area (Å²) < 4.78 is 42.3. The van der Waals surface area contributed by atoms with Crippen LogP contribution in [0.1, 0.15) is 32.6 Å². The molecule has 0 aromatic rings. The molecule has 12 heavy (non-hydrogen) atoms. The first-order chi connectivity index (χ1) is 4.98. The Balaban J connectivity index is 0. The molecule has 0 aliphatic carbocycles. The molecule has 0 aliphatic rings. The summed E-state index contributed by atoms with van der Waals surface area (Å²) in [5.74, 6) is 0. The summed E-state index contributed by atoms with van der Waals surface area (Å²) in [6.45, 7) is 1.92. The van der Waals surface area contributed by atoms with Gasteiger partial charge in [-0.15, -0.1) is 0 Å². The minimum absolute atomic E-state index is 0. The Morgan fingerprint density at radius 1 is 1.42 bits per heavy atom. The SMILES string of the molecule is CCCCCC(F)S(=O)(=O)[O-].[Li+]. The number of alkyl halides is 1. The molecule has 6 heteroatoms. The van der Waals surface area contributed by atoms with Gasteiger partial charge in [0.05, 0.1) is 0 Å². The smallest absolute Gasteiger partial charge is 0.746 e. The van der Waals surface area contributed by atoms with Crippen molar-refractivity contribution in [3.8, 4) is 0 Å². The number of hydrogen-bond acceptors (Lipinski definition) is 3. The van der Waals surface area contributed by atoms with Crippen LogP contribution in [-0.4, -0.2) is 18.5 Å². The van der Waals surface area contributed by atoms with Gasteiger partial charge in [-0.05, 0) is 12.8 Å². The van der Waals surface area contributed by atoms with E-state index in [-0.39, 0.29) is 25.3 Å². The van der Waals surface area contributed by atoms with Gasteiger partial charge in [0.2, 0.25) is 0 Å². The van der Waals surface area contributed by atoms with Gasteiger partial charge in [0.15, 0.2) is 5.50 Å². The van der Waals surface area contributed by atoms with E-state index in [1.807, 2.05) is 6.92 Å². The third-order valence-electron chi connectivity index (χ3n) is 1.35. The molecule has 1 unspecified atom stereocenters. The average Bonchev–Trinajstić information content (AvgIpc) is 1.86. The molecule has 0 saturated heterocycles. The van der Waals surface area contributed by atoms with Crippen molar-refractivity contribution in [2.75, 3.05) is 0 Å². The molecule has 68 valence electrons. The molecule has 0 aromatic carbocycles. The molecule has 3 nitrogen and oxygen atoms in total. The molecule has 0 radical (unpaired) electrons. The standard InChI is InChI=1S/C6H13FO3S.Li/c1-2-3-4-5-6(7)11(8,9)10;/h6H,2-5H2,1H3,(H,8,9,10);/q;+1/p-1. The summed E-state index contributed by atoms with van der Waals surface area (Å²) in [7, 11) is -4.70. The molecule has 0 N–H and O–H groups in total. The molecule has 0 rings (SSSR count). The molecule has 0 heterocycles. The van der Waals surface area contributed by atoms with Crippen molar-refractivity contribution in [3.63, 3.8) is 0 Å². The van der Waals surface area contributed by atoms with Crippen LogP contribution in [0.15, 0.2) is 0 Å². The fourth-order valence-corrected chi connectivity index (χ4v) is 1.15. The van der Waals surface area contributed by atoms with Crippen LogP contribution >= 0.6 is 0 Å². The van der Waals surface area contributed by atoms with Crippen molar-refractivity contribution >= 4 is 10.1 Å². The zero-order chi connectivity index (χ0) is 8.91. The first-order valence-corrected chi connectivity index (χ1v) is 5.04. The van der Waals surface area contributed by atoms with Gasteiger partial charge in [-0.2, -0.15) is 0 Å². The molecule has 0 amide bonds. The van der Waals surface area contributed by atoms with Gasteiger partial charge in [0.1, 0.15) is 10.1 Å². The molecule has 0 aliphatic heterocycles. The van der Waals surface area contributed by atoms with Gasteiger partial charge in [0.25, 0.3) is 0 Å². The van der Waals surface area contributed by atoms with E-state index in [1.165, 1.54) is 0 Å². The Bertz CT molecular complexity index is 193. The largest absolute Gasteiger partial charge is 1.00 e. The normalized spacial score (nSPS) is 13.6. The van der Waals surface area contributed by atoms with E-state index in [1.54, 1.807) is 0 Å². The van der Waals surface area contributed by atoms with Crippen LogP contribution in [0.3, 0.4) is 0 Å². The second-order valence-electron chi connectivity index (χ2n) is 2.40. The zero-order valence-corrected chi connectivity index (χ0v) is 8.23. The van der Waals surface area contributed by atoms with Crippen molar-refractivity contribution in [1.29, 1.82) is 0 Å². The van der Waals surface area contributed by atoms with E-state index in [4.69, 9.17) is 0 Å². The van der Waals surface area contributed by atoms with E-state index in [0.29, 0.717) is 6.42 Å². The van der Waals surface area contributed by atoms with Gasteiger partial charge < -0.3 is 4.55 Å². The molecule has 0 spiro atoms. The van der Waals surface area contributed by atoms with Crippen molar-refractivity contribution in [1.82, 2.24) is 0 Å². The third-order valence-corrected chi connectivity index (χ3v) is 2.21. The predicted octanol–water partition coefficient (Wildman–Crippen LogP) is -1.59. The van der Waals surface area contributed by atoms with Crippen LogP contribution in [0, 0.1) is 0 Å². The second-order valence-corrected chi connectivity index (χ2v) is 3.90. The van der Waals surface area contributed by atoms with E-state index in [2.05, 4.69) is 0 Å². The number of unbranched alkanes of at least 4 members (excludes halogenated alkanes) is 2. The summed E-state index contributed by atoms with van der Waals surface area (Å²) in [6.07, 6.45) is 1.93. The molecule has 0 saturated carbocycles. The first-order valence-electron chi connectivity index (χ1n) is 3.57. The maximum Gasteiger partial charge on any atom is 1.00 e. The van der Waals surface area contributed by atoms with Crippen molar-refractivity contribution in [2.45, 2.75) is 38.1 Å². The summed E-state index contributed by atoms with van der Waals surface area (Å²) in [5, 5.41) is 0. The van der Waals surface area contributed by atoms with Gasteiger partial charge in [-0.25, -0.2) is 12.8 Å². The Labute approximate surface area is 84.7 Å². The number of rotatable bonds is 5. The van der Waals surface area contributed by atoms with E-state index >= 15 is 0 Å². The Morgan fingerprint density at radius 2 is 1.92 bits per heavy atom. The summed E-state index contributed by atoms with van der Waals surface area (Å²) in [4.78, 5) is 0. The minimum atomic E-state index is -4.70. The molecule has 1 atom stereocenters. The van der Waals surface area contributed by atoms with Crippen LogP contribution in [0.25, 0.3) is 0 Å². The van der Waals surface area contributed by atoms with E-state index in [0.717, 1.165) is 12.8 Å². The van der Waals surface area contributed by atoms with Crippen LogP contribution in [0.5, 0.6) is 0 Å². The molecule has 0 bridgehead atoms. The van der Waals surface area contributed by atoms with Crippen LogP contribution < -0.4 is 18.9 Å². The quantitative estimate of drug-likeness (QED) is 0.298. The van der Waals surface area contributed by atoms with Crippen molar-refractivity contribution in [3.05, 3.63) is 0 Å². The van der Waals surface area contributed by atoms with Crippen molar-refractivity contribution in [2.24, 2.45) is 0 Å². The van der Waals surface area contributed by atoms with Gasteiger partial charge in [-0.1, -0.05) is 19.8 Å². The van der Waals surface area contributed by atoms with Crippen molar-refractivity contribution < 1.29 is 36.2 Å². The second kappa shape index (κ2) is 6.90. The molecular formula is C6H12FLiO3S. The number of halogens is 1. The summed E-state index contributed by atoms with van der Waals surface area (Å²) in [5.41, 5.74) is -2.21. The zero-order valence-electron chi connectivity index (χ0n) is 7.42. The fourth-order valence-electron chi connectivity index (χ4n) is 0.699. The average molecular weight is 190 g/mol. The van der Waals surface area contributed by atoms with Crippen LogP contribution in [0.2, 0.25) is 0 Å². The van der Waals surface area contributed by atoms with Gasteiger partial charge >= 0.3 is 18.9 Å². The molecular weight excluding hydrogens is 178 g/mol. The van der Waals surface area contributed by atoms with Gasteiger partial charge in [-0.3, -0.25) is 0 Å². The Morgan fingerprint density at radius 3 is 2.25 bits per heavy atom. The molecule has 0 fully saturated rings. The van der Waals surface area contributed by atoms with Crippen LogP contribution in [0.4, 0.5) is 4.39 Å². The predicted molar refractivity (Wildman–Crippen MR) is 38.7 cm³/mol. The Kier molecular flexibility index (Phi) is 8.59. The summed E-state index contributed by atoms with van der Waals surface area (Å²) in [6, 6.07) is 0. The topological polar surface area (TPSA) is 57.2 Å². The summed E-state index contributed by atoms with van der Waals surface area (Å²) >= 11 is 0. The van der Waals surface area contributed by atoms with E-state index in [9.17, 15) is 17.4 Å². The monoisotopic (exact) mass is 190 g/mol. The molecule has 0 aromatic heterocycles. The van der Waals surface area contributed by atoms with E-state index < -0.39 is 15.6 Å². The fraction of sp³-hybridized carbons (Fsp3) is 1.00. The minimum Gasteiger partial charge on any atom is -0.746 e. The number of hydrogen-bond donors (Lipinski definition) is 0. The maximum absolute atomic E-state index is 12.3. The maximum atomic E-state index is 12.3. The third kappa shape index (κ3) is 7.11. The first kappa shape index (κ1) is 14.9. The van der Waals surface area contributed by atoms with Gasteiger partial charge in [0, 0.05) is 0 Å². The Hall–Kier alpha value is 0.437. The van der Waals surface area contributed by atoms with Crippen LogP contribution in [-0.2, 0) is 10.1 Å².